The van der Waals surface area contributed by atoms with Crippen LogP contribution in [0, 0.1) is 13.8 Å². The lowest BCUT2D eigenvalue weighted by Crippen LogP contribution is -2.10. The van der Waals surface area contributed by atoms with Gasteiger partial charge in [0, 0.05) is 15.0 Å². The third-order valence-electron chi connectivity index (χ3n) is 3.29. The molecular weight excluding hydrogens is 340 g/mol. The fourth-order valence-electron chi connectivity index (χ4n) is 2.00. The minimum absolute atomic E-state index is 0.237. The molecule has 1 N–H and O–H groups in total. The van der Waals surface area contributed by atoms with Crippen molar-refractivity contribution >= 4 is 55.4 Å². The topological polar surface area (TPSA) is 51.2 Å². The summed E-state index contributed by atoms with van der Waals surface area (Å²) in [5.41, 5.74) is 0.924. The number of hydrogen-bond acceptors (Lipinski definition) is 5. The molecular formula is C15H13ClN2O2S2. The van der Waals surface area contributed by atoms with Crippen LogP contribution < -0.4 is 10.1 Å². The third kappa shape index (κ3) is 2.69. The van der Waals surface area contributed by atoms with Gasteiger partial charge in [-0.15, -0.1) is 22.7 Å². The van der Waals surface area contributed by atoms with Crippen molar-refractivity contribution in [2.75, 3.05) is 12.4 Å². The number of ether oxygens (including phenoxy) is 1. The molecule has 0 radical (unpaired) electrons. The number of anilines is 1. The molecule has 1 aromatic carbocycles. The van der Waals surface area contributed by atoms with Crippen LogP contribution in [0.4, 0.5) is 5.13 Å². The molecule has 4 nitrogen and oxygen atoms in total. The van der Waals surface area contributed by atoms with Gasteiger partial charge in [-0.2, -0.15) is 0 Å². The molecule has 0 spiro atoms. The zero-order chi connectivity index (χ0) is 15.9. The average molecular weight is 353 g/mol. The minimum Gasteiger partial charge on any atom is -0.497 e. The molecule has 3 aromatic rings. The van der Waals surface area contributed by atoms with Gasteiger partial charge in [0.05, 0.1) is 17.8 Å². The molecule has 0 aliphatic heterocycles. The Balaban J connectivity index is 1.95. The molecule has 2 aromatic heterocycles. The minimum atomic E-state index is -0.237. The molecule has 0 aliphatic carbocycles. The van der Waals surface area contributed by atoms with E-state index < -0.39 is 0 Å². The van der Waals surface area contributed by atoms with Gasteiger partial charge < -0.3 is 4.74 Å². The number of aromatic nitrogens is 1. The van der Waals surface area contributed by atoms with Crippen molar-refractivity contribution in [3.8, 4) is 5.75 Å². The zero-order valence-corrected chi connectivity index (χ0v) is 14.6. The van der Waals surface area contributed by atoms with E-state index in [0.717, 1.165) is 20.7 Å². The summed E-state index contributed by atoms with van der Waals surface area (Å²) in [6.07, 6.45) is 0. The van der Waals surface area contributed by atoms with Crippen molar-refractivity contribution in [1.29, 1.82) is 0 Å². The van der Waals surface area contributed by atoms with Crippen LogP contribution in [0.15, 0.2) is 18.2 Å². The number of thiophene rings is 1. The van der Waals surface area contributed by atoms with Crippen molar-refractivity contribution in [3.05, 3.63) is 38.7 Å². The summed E-state index contributed by atoms with van der Waals surface area (Å²) < 4.78 is 6.14. The van der Waals surface area contributed by atoms with Gasteiger partial charge in [0.1, 0.15) is 10.6 Å². The largest absolute Gasteiger partial charge is 0.497 e. The number of nitrogens with one attached hydrogen (secondary N) is 1. The van der Waals surface area contributed by atoms with Crippen LogP contribution in [0.3, 0.4) is 0 Å². The predicted molar refractivity (Wildman–Crippen MR) is 92.9 cm³/mol. The standard InChI is InChI=1S/C15H13ClN2O2S2/c1-7-8(2)21-15(17-7)18-14(19)13-12(16)10-6-9(20-3)4-5-11(10)22-13/h4-6H,1-3H3,(H,17,18,19). The van der Waals surface area contributed by atoms with Crippen LogP contribution in [0.1, 0.15) is 20.2 Å². The summed E-state index contributed by atoms with van der Waals surface area (Å²) in [6, 6.07) is 5.59. The number of carbonyl (C=O) groups excluding carboxylic acids is 1. The quantitative estimate of drug-likeness (QED) is 0.730. The van der Waals surface area contributed by atoms with Gasteiger partial charge in [-0.05, 0) is 32.0 Å². The molecule has 3 rings (SSSR count). The van der Waals surface area contributed by atoms with Gasteiger partial charge in [-0.3, -0.25) is 10.1 Å². The van der Waals surface area contributed by atoms with Gasteiger partial charge in [0.15, 0.2) is 5.13 Å². The SMILES string of the molecule is COc1ccc2sc(C(=O)Nc3nc(C)c(C)s3)c(Cl)c2c1. The van der Waals surface area contributed by atoms with Crippen LogP contribution in [0.25, 0.3) is 10.1 Å². The summed E-state index contributed by atoms with van der Waals surface area (Å²) in [5, 5.41) is 4.67. The van der Waals surface area contributed by atoms with E-state index in [0.29, 0.717) is 20.8 Å². The first kappa shape index (κ1) is 15.3. The normalized spacial score (nSPS) is 10.9. The Bertz CT molecular complexity index is 850. The van der Waals surface area contributed by atoms with E-state index in [1.807, 2.05) is 32.0 Å². The number of fused-ring (bicyclic) bond motifs is 1. The van der Waals surface area contributed by atoms with E-state index in [9.17, 15) is 4.79 Å². The summed E-state index contributed by atoms with van der Waals surface area (Å²) in [5.74, 6) is 0.476. The maximum absolute atomic E-state index is 12.4. The summed E-state index contributed by atoms with van der Waals surface area (Å²) in [4.78, 5) is 18.3. The summed E-state index contributed by atoms with van der Waals surface area (Å²) in [7, 11) is 1.60. The maximum Gasteiger partial charge on any atom is 0.269 e. The monoisotopic (exact) mass is 352 g/mol. The van der Waals surface area contributed by atoms with Gasteiger partial charge in [-0.25, -0.2) is 4.98 Å². The Morgan fingerprint density at radius 3 is 2.73 bits per heavy atom. The fourth-order valence-corrected chi connectivity index (χ4v) is 4.19. The van der Waals surface area contributed by atoms with Crippen LogP contribution >= 0.6 is 34.3 Å². The maximum atomic E-state index is 12.4. The molecule has 2 heterocycles. The van der Waals surface area contributed by atoms with E-state index in [2.05, 4.69) is 10.3 Å². The van der Waals surface area contributed by atoms with E-state index in [1.165, 1.54) is 22.7 Å². The lowest BCUT2D eigenvalue weighted by molar-refractivity contribution is 0.103. The Morgan fingerprint density at radius 2 is 2.09 bits per heavy atom. The number of aryl methyl sites for hydroxylation is 2. The Labute approximate surface area is 140 Å². The van der Waals surface area contributed by atoms with Crippen molar-refractivity contribution < 1.29 is 9.53 Å². The molecule has 0 bridgehead atoms. The van der Waals surface area contributed by atoms with E-state index in [4.69, 9.17) is 16.3 Å². The molecule has 0 unspecified atom stereocenters. The van der Waals surface area contributed by atoms with Crippen LogP contribution in [0.2, 0.25) is 5.02 Å². The zero-order valence-electron chi connectivity index (χ0n) is 12.2. The molecule has 0 atom stereocenters. The highest BCUT2D eigenvalue weighted by atomic mass is 35.5. The van der Waals surface area contributed by atoms with Gasteiger partial charge in [0.25, 0.3) is 5.91 Å². The number of methoxy groups -OCH3 is 1. The number of halogens is 1. The highest BCUT2D eigenvalue weighted by molar-refractivity contribution is 7.22. The fraction of sp³-hybridized carbons (Fsp3) is 0.200. The molecule has 22 heavy (non-hydrogen) atoms. The number of carbonyl (C=O) groups is 1. The van der Waals surface area contributed by atoms with Gasteiger partial charge in [-0.1, -0.05) is 11.6 Å². The first-order valence-electron chi connectivity index (χ1n) is 6.51. The lowest BCUT2D eigenvalue weighted by atomic mass is 10.2. The van der Waals surface area contributed by atoms with Crippen LogP contribution in [-0.2, 0) is 0 Å². The number of nitrogens with zero attached hydrogens (tertiary/aromatic N) is 1. The highest BCUT2D eigenvalue weighted by Gasteiger charge is 2.19. The van der Waals surface area contributed by atoms with E-state index in [-0.39, 0.29) is 5.91 Å². The second-order valence-corrected chi connectivity index (χ2v) is 7.36. The smallest absolute Gasteiger partial charge is 0.269 e. The van der Waals surface area contributed by atoms with Crippen molar-refractivity contribution in [3.63, 3.8) is 0 Å². The van der Waals surface area contributed by atoms with Gasteiger partial charge >= 0.3 is 0 Å². The van der Waals surface area contributed by atoms with Gasteiger partial charge in [0.2, 0.25) is 0 Å². The van der Waals surface area contributed by atoms with E-state index in [1.54, 1.807) is 7.11 Å². The predicted octanol–water partition coefficient (Wildman–Crippen LogP) is 4.89. The molecule has 7 heteroatoms. The molecule has 0 fully saturated rings. The molecule has 1 amide bonds. The van der Waals surface area contributed by atoms with Crippen molar-refractivity contribution in [2.24, 2.45) is 0 Å². The van der Waals surface area contributed by atoms with Crippen LogP contribution in [-0.4, -0.2) is 18.0 Å². The summed E-state index contributed by atoms with van der Waals surface area (Å²) >= 11 is 9.17. The molecule has 0 aliphatic rings. The van der Waals surface area contributed by atoms with Crippen molar-refractivity contribution in [2.45, 2.75) is 13.8 Å². The molecule has 114 valence electrons. The number of hydrogen-bond donors (Lipinski definition) is 1. The third-order valence-corrected chi connectivity index (χ3v) is 5.95. The number of benzene rings is 1. The number of thiazole rings is 1. The Kier molecular flexibility index (Phi) is 4.08. The molecule has 0 saturated heterocycles. The van der Waals surface area contributed by atoms with Crippen LogP contribution in [0.5, 0.6) is 5.75 Å². The number of rotatable bonds is 3. The van der Waals surface area contributed by atoms with Crippen molar-refractivity contribution in [1.82, 2.24) is 4.98 Å². The lowest BCUT2D eigenvalue weighted by Gasteiger charge is -1.99. The second kappa shape index (κ2) is 5.87. The Hall–Kier alpha value is -1.63. The first-order valence-corrected chi connectivity index (χ1v) is 8.52. The average Bonchev–Trinajstić information content (AvgIpc) is 2.99. The van der Waals surface area contributed by atoms with E-state index >= 15 is 0 Å². The Morgan fingerprint density at radius 1 is 1.32 bits per heavy atom. The molecule has 0 saturated carbocycles. The summed E-state index contributed by atoms with van der Waals surface area (Å²) in [6.45, 7) is 3.89. The highest BCUT2D eigenvalue weighted by Crippen LogP contribution is 2.37. The number of amides is 1. The second-order valence-electron chi connectivity index (χ2n) is 4.72. The first-order chi connectivity index (χ1) is 10.5.